The number of rotatable bonds is 5. The largest absolute Gasteiger partial charge is 0.497 e. The lowest BCUT2D eigenvalue weighted by Gasteiger charge is -2.36. The van der Waals surface area contributed by atoms with E-state index < -0.39 is 5.97 Å². The van der Waals surface area contributed by atoms with E-state index in [2.05, 4.69) is 9.88 Å². The van der Waals surface area contributed by atoms with Crippen LogP contribution in [0.1, 0.15) is 46.0 Å². The predicted octanol–water partition coefficient (Wildman–Crippen LogP) is 3.17. The molecule has 1 N–H and O–H groups in total. The van der Waals surface area contributed by atoms with E-state index in [0.717, 1.165) is 24.5 Å². The zero-order valence-corrected chi connectivity index (χ0v) is 17.7. The van der Waals surface area contributed by atoms with Crippen molar-refractivity contribution in [1.82, 2.24) is 9.88 Å². The Kier molecular flexibility index (Phi) is 6.15. The van der Waals surface area contributed by atoms with E-state index in [4.69, 9.17) is 9.47 Å². The number of amides is 1. The minimum absolute atomic E-state index is 0.0800. The van der Waals surface area contributed by atoms with Gasteiger partial charge in [0.05, 0.1) is 18.8 Å². The second kappa shape index (κ2) is 8.59. The van der Waals surface area contributed by atoms with Crippen LogP contribution in [0, 0.1) is 13.8 Å². The molecule has 1 aromatic carbocycles. The smallest absolute Gasteiger partial charge is 0.340 e. The summed E-state index contributed by atoms with van der Waals surface area (Å²) in [5, 5.41) is 0. The van der Waals surface area contributed by atoms with Gasteiger partial charge in [0.15, 0.2) is 0 Å². The first-order valence-electron chi connectivity index (χ1n) is 9.90. The number of carbonyl (C=O) groups excluding carboxylic acids is 2. The van der Waals surface area contributed by atoms with Gasteiger partial charge in [-0.2, -0.15) is 0 Å². The Balaban J connectivity index is 1.68. The summed E-state index contributed by atoms with van der Waals surface area (Å²) in [4.78, 5) is 32.6. The molecule has 1 aliphatic rings. The van der Waals surface area contributed by atoms with Crippen molar-refractivity contribution in [2.75, 3.05) is 38.2 Å². The van der Waals surface area contributed by atoms with E-state index >= 15 is 0 Å². The molecular formula is C22H29N3O4. The van der Waals surface area contributed by atoms with Crippen molar-refractivity contribution in [3.63, 3.8) is 0 Å². The van der Waals surface area contributed by atoms with Crippen molar-refractivity contribution in [3.8, 4) is 5.75 Å². The fourth-order valence-corrected chi connectivity index (χ4v) is 3.66. The molecule has 156 valence electrons. The van der Waals surface area contributed by atoms with Crippen molar-refractivity contribution >= 4 is 17.6 Å². The molecule has 0 radical (unpaired) electrons. The summed E-state index contributed by atoms with van der Waals surface area (Å²) in [6, 6.07) is 7.94. The normalized spacial score (nSPS) is 14.3. The minimum atomic E-state index is -0.394. The van der Waals surface area contributed by atoms with Gasteiger partial charge < -0.3 is 24.3 Å². The third-order valence-corrected chi connectivity index (χ3v) is 5.20. The predicted molar refractivity (Wildman–Crippen MR) is 112 cm³/mol. The molecule has 2 aromatic rings. The maximum Gasteiger partial charge on any atom is 0.340 e. The van der Waals surface area contributed by atoms with Crippen LogP contribution in [0.4, 0.5) is 5.69 Å². The zero-order valence-electron chi connectivity index (χ0n) is 17.7. The summed E-state index contributed by atoms with van der Waals surface area (Å²) in [7, 11) is 1.65. The standard InChI is InChI=1S/C22H29N3O4/c1-14(2)29-22(27)19-15(3)20(23-16(19)4)21(26)25-12-10-24(11-13-25)17-6-8-18(28-5)9-7-17/h6-9,14,23H,10-13H2,1-5H3. The molecule has 7 nitrogen and oxygen atoms in total. The maximum atomic E-state index is 13.1. The molecular weight excluding hydrogens is 370 g/mol. The second-order valence-electron chi connectivity index (χ2n) is 7.56. The lowest BCUT2D eigenvalue weighted by Crippen LogP contribution is -2.49. The number of hydrogen-bond acceptors (Lipinski definition) is 5. The Labute approximate surface area is 171 Å². The van der Waals surface area contributed by atoms with Crippen LogP contribution in [-0.4, -0.2) is 61.2 Å². The minimum Gasteiger partial charge on any atom is -0.497 e. The number of carbonyl (C=O) groups is 2. The topological polar surface area (TPSA) is 74.9 Å². The maximum absolute atomic E-state index is 13.1. The Bertz CT molecular complexity index is 878. The number of nitrogens with one attached hydrogen (secondary N) is 1. The van der Waals surface area contributed by atoms with Crippen LogP contribution >= 0.6 is 0 Å². The second-order valence-corrected chi connectivity index (χ2v) is 7.56. The highest BCUT2D eigenvalue weighted by Gasteiger charge is 2.28. The molecule has 0 aliphatic carbocycles. The number of ether oxygens (including phenoxy) is 2. The first-order chi connectivity index (χ1) is 13.8. The zero-order chi connectivity index (χ0) is 21.1. The van der Waals surface area contributed by atoms with Gasteiger partial charge in [0.25, 0.3) is 5.91 Å². The number of aryl methyl sites for hydroxylation is 1. The molecule has 1 saturated heterocycles. The van der Waals surface area contributed by atoms with Crippen LogP contribution in [-0.2, 0) is 4.74 Å². The summed E-state index contributed by atoms with van der Waals surface area (Å²) in [5.41, 5.74) is 3.35. The van der Waals surface area contributed by atoms with E-state index in [9.17, 15) is 9.59 Å². The van der Waals surface area contributed by atoms with Gasteiger partial charge in [0.1, 0.15) is 11.4 Å². The molecule has 1 fully saturated rings. The van der Waals surface area contributed by atoms with E-state index in [1.165, 1.54) is 0 Å². The van der Waals surface area contributed by atoms with Gasteiger partial charge in [-0.3, -0.25) is 4.79 Å². The Morgan fingerprint density at radius 2 is 1.66 bits per heavy atom. The average Bonchev–Trinajstić information content (AvgIpc) is 3.01. The van der Waals surface area contributed by atoms with Crippen LogP contribution in [0.3, 0.4) is 0 Å². The lowest BCUT2D eigenvalue weighted by atomic mass is 10.1. The Morgan fingerprint density at radius 3 is 2.21 bits per heavy atom. The van der Waals surface area contributed by atoms with Crippen LogP contribution in [0.15, 0.2) is 24.3 Å². The van der Waals surface area contributed by atoms with Gasteiger partial charge in [-0.15, -0.1) is 0 Å². The summed E-state index contributed by atoms with van der Waals surface area (Å²) >= 11 is 0. The van der Waals surface area contributed by atoms with Crippen LogP contribution in [0.25, 0.3) is 0 Å². The van der Waals surface area contributed by atoms with E-state index in [-0.39, 0.29) is 12.0 Å². The lowest BCUT2D eigenvalue weighted by molar-refractivity contribution is 0.0376. The summed E-state index contributed by atoms with van der Waals surface area (Å²) < 4.78 is 10.5. The third kappa shape index (κ3) is 4.39. The monoisotopic (exact) mass is 399 g/mol. The van der Waals surface area contributed by atoms with Crippen molar-refractivity contribution < 1.29 is 19.1 Å². The van der Waals surface area contributed by atoms with Gasteiger partial charge in [-0.1, -0.05) is 0 Å². The van der Waals surface area contributed by atoms with Crippen LogP contribution in [0.5, 0.6) is 5.75 Å². The number of nitrogens with zero attached hydrogens (tertiary/aromatic N) is 2. The average molecular weight is 399 g/mol. The van der Waals surface area contributed by atoms with Gasteiger partial charge >= 0.3 is 5.97 Å². The van der Waals surface area contributed by atoms with E-state index in [1.807, 2.05) is 43.0 Å². The van der Waals surface area contributed by atoms with Gasteiger partial charge in [-0.25, -0.2) is 4.79 Å². The summed E-state index contributed by atoms with van der Waals surface area (Å²) in [6.07, 6.45) is -0.207. The van der Waals surface area contributed by atoms with Crippen LogP contribution < -0.4 is 9.64 Å². The SMILES string of the molecule is COc1ccc(N2CCN(C(=O)c3[nH]c(C)c(C(=O)OC(C)C)c3C)CC2)cc1. The van der Waals surface area contributed by atoms with E-state index in [0.29, 0.717) is 35.6 Å². The molecule has 3 rings (SSSR count). The van der Waals surface area contributed by atoms with Crippen molar-refractivity contribution in [1.29, 1.82) is 0 Å². The first kappa shape index (κ1) is 20.8. The van der Waals surface area contributed by atoms with Crippen LogP contribution in [0.2, 0.25) is 0 Å². The highest BCUT2D eigenvalue weighted by molar-refractivity contribution is 6.00. The number of hydrogen-bond donors (Lipinski definition) is 1. The molecule has 0 saturated carbocycles. The van der Waals surface area contributed by atoms with Gasteiger partial charge in [-0.05, 0) is 57.5 Å². The molecule has 1 aromatic heterocycles. The molecule has 2 heterocycles. The molecule has 0 bridgehead atoms. The number of H-pyrrole nitrogens is 1. The molecule has 29 heavy (non-hydrogen) atoms. The van der Waals surface area contributed by atoms with E-state index in [1.54, 1.807) is 21.0 Å². The van der Waals surface area contributed by atoms with Gasteiger partial charge in [0, 0.05) is 37.6 Å². The molecule has 0 unspecified atom stereocenters. The summed E-state index contributed by atoms with van der Waals surface area (Å²) in [5.74, 6) is 0.352. The first-order valence-corrected chi connectivity index (χ1v) is 9.90. The third-order valence-electron chi connectivity index (χ3n) is 5.20. The Morgan fingerprint density at radius 1 is 1.03 bits per heavy atom. The number of esters is 1. The molecule has 1 aliphatic heterocycles. The number of aromatic nitrogens is 1. The van der Waals surface area contributed by atoms with Crippen molar-refractivity contribution in [3.05, 3.63) is 46.8 Å². The number of anilines is 1. The molecule has 7 heteroatoms. The highest BCUT2D eigenvalue weighted by Crippen LogP contribution is 2.23. The quantitative estimate of drug-likeness (QED) is 0.782. The number of aromatic amines is 1. The van der Waals surface area contributed by atoms with Gasteiger partial charge in [0.2, 0.25) is 0 Å². The number of methoxy groups -OCH3 is 1. The molecule has 0 atom stereocenters. The highest BCUT2D eigenvalue weighted by atomic mass is 16.5. The van der Waals surface area contributed by atoms with Crippen molar-refractivity contribution in [2.24, 2.45) is 0 Å². The Hall–Kier alpha value is -2.96. The number of piperazine rings is 1. The fourth-order valence-electron chi connectivity index (χ4n) is 3.66. The number of benzene rings is 1. The molecule has 0 spiro atoms. The van der Waals surface area contributed by atoms with Crippen molar-refractivity contribution in [2.45, 2.75) is 33.8 Å². The molecule has 1 amide bonds. The fraction of sp³-hybridized carbons (Fsp3) is 0.455. The summed E-state index contributed by atoms with van der Waals surface area (Å²) in [6.45, 7) is 9.94.